The Labute approximate surface area is 113 Å². The van der Waals surface area contributed by atoms with Crippen LogP contribution in [0, 0.1) is 11.8 Å². The number of nitrogens with zero attached hydrogens (tertiary/aromatic N) is 2. The minimum Gasteiger partial charge on any atom is -0.480 e. The van der Waals surface area contributed by atoms with Crippen LogP contribution in [0.1, 0.15) is 25.7 Å². The van der Waals surface area contributed by atoms with Gasteiger partial charge >= 0.3 is 12.0 Å². The fraction of sp³-hybridized carbons (Fsp3) is 0.846. The third-order valence-electron chi connectivity index (χ3n) is 3.87. The maximum absolute atomic E-state index is 12.3. The summed E-state index contributed by atoms with van der Waals surface area (Å²) in [5.74, 6) is -0.124. The normalized spacial score (nSPS) is 22.6. The molecule has 2 fully saturated rings. The molecule has 2 aliphatic rings. The Kier molecular flexibility index (Phi) is 4.63. The Morgan fingerprint density at radius 3 is 2.53 bits per heavy atom. The van der Waals surface area contributed by atoms with Crippen molar-refractivity contribution in [3.8, 4) is 0 Å². The highest BCUT2D eigenvalue weighted by atomic mass is 16.4. The van der Waals surface area contributed by atoms with Crippen molar-refractivity contribution in [2.24, 2.45) is 11.8 Å². The second-order valence-corrected chi connectivity index (χ2v) is 5.61. The number of hydrogen-bond acceptors (Lipinski definition) is 3. The van der Waals surface area contributed by atoms with Gasteiger partial charge in [0.15, 0.2) is 0 Å². The number of carboxylic acid groups (broad SMARTS) is 1. The SMILES string of the molecule is O=C(O)CN(CC1CC1)C(=O)N1CCC(CCO)C1. The molecule has 1 aliphatic heterocycles. The van der Waals surface area contributed by atoms with Gasteiger partial charge in [-0.3, -0.25) is 4.79 Å². The number of amides is 2. The Hall–Kier alpha value is -1.30. The number of carbonyl (C=O) groups is 2. The molecule has 6 nitrogen and oxygen atoms in total. The molecule has 1 saturated carbocycles. The van der Waals surface area contributed by atoms with Crippen LogP contribution in [0.15, 0.2) is 0 Å². The van der Waals surface area contributed by atoms with Gasteiger partial charge in [-0.2, -0.15) is 0 Å². The van der Waals surface area contributed by atoms with E-state index in [1.54, 1.807) is 4.90 Å². The van der Waals surface area contributed by atoms with Crippen LogP contribution in [0.3, 0.4) is 0 Å². The highest BCUT2D eigenvalue weighted by Crippen LogP contribution is 2.30. The number of likely N-dealkylation sites (tertiary alicyclic amines) is 1. The van der Waals surface area contributed by atoms with Gasteiger partial charge in [0.05, 0.1) is 0 Å². The number of rotatable bonds is 6. The van der Waals surface area contributed by atoms with Gasteiger partial charge in [0.2, 0.25) is 0 Å². The van der Waals surface area contributed by atoms with Gasteiger partial charge in [-0.1, -0.05) is 0 Å². The van der Waals surface area contributed by atoms with E-state index in [9.17, 15) is 9.59 Å². The van der Waals surface area contributed by atoms with Gasteiger partial charge in [-0.05, 0) is 37.5 Å². The van der Waals surface area contributed by atoms with E-state index in [0.29, 0.717) is 37.9 Å². The molecule has 0 bridgehead atoms. The Bertz CT molecular complexity index is 344. The second kappa shape index (κ2) is 6.23. The van der Waals surface area contributed by atoms with E-state index in [2.05, 4.69) is 0 Å². The number of aliphatic hydroxyl groups is 1. The molecule has 0 aromatic rings. The number of aliphatic carboxylic acids is 1. The summed E-state index contributed by atoms with van der Waals surface area (Å²) in [5, 5.41) is 17.8. The van der Waals surface area contributed by atoms with Crippen LogP contribution in [-0.2, 0) is 4.79 Å². The zero-order valence-corrected chi connectivity index (χ0v) is 11.1. The molecule has 6 heteroatoms. The highest BCUT2D eigenvalue weighted by molar-refractivity contribution is 5.80. The summed E-state index contributed by atoms with van der Waals surface area (Å²) in [6, 6.07) is -0.158. The molecule has 1 aliphatic carbocycles. The third-order valence-corrected chi connectivity index (χ3v) is 3.87. The number of aliphatic hydroxyl groups excluding tert-OH is 1. The van der Waals surface area contributed by atoms with Crippen molar-refractivity contribution in [3.63, 3.8) is 0 Å². The zero-order chi connectivity index (χ0) is 13.8. The van der Waals surface area contributed by atoms with Gasteiger partial charge < -0.3 is 20.0 Å². The van der Waals surface area contributed by atoms with E-state index in [0.717, 1.165) is 19.3 Å². The van der Waals surface area contributed by atoms with E-state index < -0.39 is 5.97 Å². The molecule has 1 heterocycles. The molecule has 0 aromatic heterocycles. The monoisotopic (exact) mass is 270 g/mol. The lowest BCUT2D eigenvalue weighted by atomic mass is 10.1. The van der Waals surface area contributed by atoms with Crippen molar-refractivity contribution in [1.29, 1.82) is 0 Å². The molecule has 19 heavy (non-hydrogen) atoms. The minimum absolute atomic E-state index is 0.146. The summed E-state index contributed by atoms with van der Waals surface area (Å²) < 4.78 is 0. The average molecular weight is 270 g/mol. The molecule has 1 unspecified atom stereocenters. The first-order valence-electron chi connectivity index (χ1n) is 6.96. The zero-order valence-electron chi connectivity index (χ0n) is 11.1. The van der Waals surface area contributed by atoms with Crippen molar-refractivity contribution < 1.29 is 19.8 Å². The number of carbonyl (C=O) groups excluding carboxylic acids is 1. The lowest BCUT2D eigenvalue weighted by Crippen LogP contribution is -2.45. The standard InChI is InChI=1S/C13H22N2O4/c16-6-4-11-3-5-14(7-11)13(19)15(9-12(17)18)8-10-1-2-10/h10-11,16H,1-9H2,(H,17,18). The van der Waals surface area contributed by atoms with E-state index in [4.69, 9.17) is 10.2 Å². The summed E-state index contributed by atoms with van der Waals surface area (Å²) in [6.45, 7) is 1.81. The van der Waals surface area contributed by atoms with E-state index in [1.165, 1.54) is 4.90 Å². The van der Waals surface area contributed by atoms with Crippen LogP contribution in [0.25, 0.3) is 0 Å². The Morgan fingerprint density at radius 1 is 1.21 bits per heavy atom. The van der Waals surface area contributed by atoms with Crippen LogP contribution < -0.4 is 0 Å². The van der Waals surface area contributed by atoms with Gasteiger partial charge in [0.1, 0.15) is 6.54 Å². The van der Waals surface area contributed by atoms with Gasteiger partial charge in [0.25, 0.3) is 0 Å². The molecule has 2 rings (SSSR count). The smallest absolute Gasteiger partial charge is 0.323 e. The van der Waals surface area contributed by atoms with Gasteiger partial charge in [0, 0.05) is 26.2 Å². The summed E-state index contributed by atoms with van der Waals surface area (Å²) in [7, 11) is 0. The first-order valence-corrected chi connectivity index (χ1v) is 6.96. The molecule has 1 saturated heterocycles. The molecule has 0 spiro atoms. The Balaban J connectivity index is 1.88. The number of carboxylic acids is 1. The molecule has 2 N–H and O–H groups in total. The van der Waals surface area contributed by atoms with E-state index >= 15 is 0 Å². The number of hydrogen-bond donors (Lipinski definition) is 2. The maximum atomic E-state index is 12.3. The van der Waals surface area contributed by atoms with Crippen LogP contribution in [-0.4, -0.2) is 64.8 Å². The first kappa shape index (κ1) is 14.1. The fourth-order valence-electron chi connectivity index (χ4n) is 2.61. The molecular weight excluding hydrogens is 248 g/mol. The largest absolute Gasteiger partial charge is 0.480 e. The van der Waals surface area contributed by atoms with Gasteiger partial charge in [-0.25, -0.2) is 4.79 Å². The molecule has 0 aromatic carbocycles. The van der Waals surface area contributed by atoms with Crippen LogP contribution >= 0.6 is 0 Å². The van der Waals surface area contributed by atoms with Crippen LogP contribution in [0.2, 0.25) is 0 Å². The molecule has 1 atom stereocenters. The summed E-state index contributed by atoms with van der Waals surface area (Å²) in [5.41, 5.74) is 0. The van der Waals surface area contributed by atoms with Crippen molar-refractivity contribution >= 4 is 12.0 Å². The fourth-order valence-corrected chi connectivity index (χ4v) is 2.61. The van der Waals surface area contributed by atoms with E-state index in [1.807, 2.05) is 0 Å². The van der Waals surface area contributed by atoms with Crippen molar-refractivity contribution in [2.45, 2.75) is 25.7 Å². The third kappa shape index (κ3) is 4.09. The number of urea groups is 1. The van der Waals surface area contributed by atoms with Gasteiger partial charge in [-0.15, -0.1) is 0 Å². The molecule has 2 amide bonds. The summed E-state index contributed by atoms with van der Waals surface area (Å²) >= 11 is 0. The second-order valence-electron chi connectivity index (χ2n) is 5.61. The summed E-state index contributed by atoms with van der Waals surface area (Å²) in [6.07, 6.45) is 3.80. The van der Waals surface area contributed by atoms with Crippen LogP contribution in [0.4, 0.5) is 4.79 Å². The van der Waals surface area contributed by atoms with Crippen LogP contribution in [0.5, 0.6) is 0 Å². The highest BCUT2D eigenvalue weighted by Gasteiger charge is 2.33. The maximum Gasteiger partial charge on any atom is 0.323 e. The quantitative estimate of drug-likeness (QED) is 0.741. The first-order chi connectivity index (χ1) is 9.10. The topological polar surface area (TPSA) is 81.1 Å². The lowest BCUT2D eigenvalue weighted by Gasteiger charge is -2.27. The minimum atomic E-state index is -0.958. The molecule has 108 valence electrons. The van der Waals surface area contributed by atoms with Crippen molar-refractivity contribution in [1.82, 2.24) is 9.80 Å². The molecule has 0 radical (unpaired) electrons. The van der Waals surface area contributed by atoms with Crippen molar-refractivity contribution in [3.05, 3.63) is 0 Å². The summed E-state index contributed by atoms with van der Waals surface area (Å²) in [4.78, 5) is 26.4. The van der Waals surface area contributed by atoms with E-state index in [-0.39, 0.29) is 19.2 Å². The predicted octanol–water partition coefficient (Wildman–Crippen LogP) is 0.607. The predicted molar refractivity (Wildman–Crippen MR) is 68.7 cm³/mol. The lowest BCUT2D eigenvalue weighted by molar-refractivity contribution is -0.137. The van der Waals surface area contributed by atoms with Crippen molar-refractivity contribution in [2.75, 3.05) is 32.8 Å². The average Bonchev–Trinajstić information content (AvgIpc) is 3.04. The molecular formula is C13H22N2O4. The Morgan fingerprint density at radius 2 is 1.95 bits per heavy atom.